The Balaban J connectivity index is 1.71. The molecule has 0 aliphatic carbocycles. The van der Waals surface area contributed by atoms with Gasteiger partial charge in [-0.25, -0.2) is 9.37 Å². The van der Waals surface area contributed by atoms with Crippen LogP contribution in [0.25, 0.3) is 21.1 Å². The van der Waals surface area contributed by atoms with Gasteiger partial charge in [0.2, 0.25) is 5.43 Å². The van der Waals surface area contributed by atoms with Gasteiger partial charge in [0.1, 0.15) is 17.1 Å². The number of hydrogen-bond acceptors (Lipinski definition) is 5. The Kier molecular flexibility index (Phi) is 3.89. The summed E-state index contributed by atoms with van der Waals surface area (Å²) in [6.45, 7) is 0. The number of H-pyrrole nitrogens is 1. The molecule has 2 aromatic heterocycles. The highest BCUT2D eigenvalue weighted by Gasteiger charge is 2.16. The lowest BCUT2D eigenvalue weighted by molar-refractivity contribution is 0.102. The molecule has 0 bridgehead atoms. The van der Waals surface area contributed by atoms with Crippen LogP contribution in [0.4, 0.5) is 9.52 Å². The maximum absolute atomic E-state index is 13.3. The van der Waals surface area contributed by atoms with Crippen molar-refractivity contribution in [3.8, 4) is 5.75 Å². The lowest BCUT2D eigenvalue weighted by Crippen LogP contribution is -2.22. The molecule has 0 saturated heterocycles. The average molecular weight is 369 g/mol. The van der Waals surface area contributed by atoms with E-state index in [-0.39, 0.29) is 11.4 Å². The number of methoxy groups -OCH3 is 1. The highest BCUT2D eigenvalue weighted by atomic mass is 32.1. The zero-order valence-corrected chi connectivity index (χ0v) is 14.3. The van der Waals surface area contributed by atoms with E-state index >= 15 is 0 Å². The van der Waals surface area contributed by atoms with Crippen molar-refractivity contribution in [1.29, 1.82) is 0 Å². The van der Waals surface area contributed by atoms with Crippen molar-refractivity contribution in [2.75, 3.05) is 12.4 Å². The number of halogens is 1. The molecule has 2 heterocycles. The van der Waals surface area contributed by atoms with Crippen LogP contribution in [0.2, 0.25) is 0 Å². The topological polar surface area (TPSA) is 84.1 Å². The number of aromatic amines is 1. The Hall–Kier alpha value is -3.26. The van der Waals surface area contributed by atoms with Crippen LogP contribution in [-0.2, 0) is 0 Å². The molecule has 26 heavy (non-hydrogen) atoms. The van der Waals surface area contributed by atoms with E-state index in [9.17, 15) is 14.0 Å². The van der Waals surface area contributed by atoms with Crippen LogP contribution < -0.4 is 15.5 Å². The van der Waals surface area contributed by atoms with Gasteiger partial charge in [-0.05, 0) is 30.3 Å². The Morgan fingerprint density at radius 3 is 2.96 bits per heavy atom. The first-order valence-corrected chi connectivity index (χ1v) is 8.44. The second-order valence-corrected chi connectivity index (χ2v) is 6.53. The summed E-state index contributed by atoms with van der Waals surface area (Å²) >= 11 is 1.13. The molecule has 6 nitrogen and oxygen atoms in total. The van der Waals surface area contributed by atoms with E-state index < -0.39 is 11.3 Å². The maximum Gasteiger partial charge on any atom is 0.262 e. The number of nitrogens with zero attached hydrogens (tertiary/aromatic N) is 1. The summed E-state index contributed by atoms with van der Waals surface area (Å²) in [5.41, 5.74) is 0.634. The molecule has 2 N–H and O–H groups in total. The lowest BCUT2D eigenvalue weighted by atomic mass is 10.1. The van der Waals surface area contributed by atoms with Gasteiger partial charge in [-0.3, -0.25) is 14.9 Å². The van der Waals surface area contributed by atoms with Crippen molar-refractivity contribution >= 4 is 43.5 Å². The monoisotopic (exact) mass is 369 g/mol. The van der Waals surface area contributed by atoms with Gasteiger partial charge in [0.25, 0.3) is 5.91 Å². The number of fused-ring (bicyclic) bond motifs is 2. The molecular weight excluding hydrogens is 357 g/mol. The Morgan fingerprint density at radius 1 is 1.31 bits per heavy atom. The lowest BCUT2D eigenvalue weighted by Gasteiger charge is -2.06. The highest BCUT2D eigenvalue weighted by Crippen LogP contribution is 2.27. The van der Waals surface area contributed by atoms with Crippen molar-refractivity contribution in [3.63, 3.8) is 0 Å². The maximum atomic E-state index is 13.3. The number of nitrogens with one attached hydrogen (secondary N) is 2. The summed E-state index contributed by atoms with van der Waals surface area (Å²) in [6.07, 6.45) is 1.34. The molecule has 0 aliphatic rings. The number of pyridine rings is 1. The molecule has 0 unspecified atom stereocenters. The fraction of sp³-hybridized carbons (Fsp3) is 0.0556. The Labute approximate surface area is 150 Å². The normalized spacial score (nSPS) is 11.0. The predicted octanol–water partition coefficient (Wildman–Crippen LogP) is 3.54. The van der Waals surface area contributed by atoms with E-state index in [0.717, 1.165) is 11.3 Å². The van der Waals surface area contributed by atoms with E-state index in [1.165, 1.54) is 31.5 Å². The largest absolute Gasteiger partial charge is 0.495 e. The summed E-state index contributed by atoms with van der Waals surface area (Å²) in [5.74, 6) is -0.450. The zero-order chi connectivity index (χ0) is 18.3. The smallest absolute Gasteiger partial charge is 0.262 e. The van der Waals surface area contributed by atoms with Gasteiger partial charge in [0.15, 0.2) is 5.13 Å². The standard InChI is InChI=1S/C18H12FN3O3S/c1-25-13-4-2-3-10-15(13)20-8-11(16(10)23)17(24)22-18-21-12-6-5-9(19)7-14(12)26-18/h2-8H,1H3,(H,20,23)(H,21,22,24). The second kappa shape index (κ2) is 6.23. The predicted molar refractivity (Wildman–Crippen MR) is 98.7 cm³/mol. The molecule has 0 spiro atoms. The number of para-hydroxylation sites is 1. The first-order valence-electron chi connectivity index (χ1n) is 7.62. The summed E-state index contributed by atoms with van der Waals surface area (Å²) < 4.78 is 19.1. The molecule has 4 aromatic rings. The van der Waals surface area contributed by atoms with Crippen LogP contribution in [0.3, 0.4) is 0 Å². The third-order valence-electron chi connectivity index (χ3n) is 3.91. The molecule has 0 fully saturated rings. The minimum atomic E-state index is -0.588. The zero-order valence-electron chi connectivity index (χ0n) is 13.5. The quantitative estimate of drug-likeness (QED) is 0.579. The fourth-order valence-corrected chi connectivity index (χ4v) is 3.57. The van der Waals surface area contributed by atoms with Gasteiger partial charge >= 0.3 is 0 Å². The number of amides is 1. The molecule has 4 rings (SSSR count). The van der Waals surface area contributed by atoms with Crippen molar-refractivity contribution in [3.05, 3.63) is 64.2 Å². The van der Waals surface area contributed by atoms with Gasteiger partial charge in [0, 0.05) is 6.20 Å². The highest BCUT2D eigenvalue weighted by molar-refractivity contribution is 7.22. The summed E-state index contributed by atoms with van der Waals surface area (Å²) in [4.78, 5) is 32.3. The molecule has 0 atom stereocenters. The van der Waals surface area contributed by atoms with E-state index in [4.69, 9.17) is 4.74 Å². The third-order valence-corrected chi connectivity index (χ3v) is 4.85. The molecule has 0 radical (unpaired) electrons. The molecule has 0 aliphatic heterocycles. The van der Waals surface area contributed by atoms with Crippen molar-refractivity contribution < 1.29 is 13.9 Å². The Bertz CT molecular complexity index is 1220. The van der Waals surface area contributed by atoms with Gasteiger partial charge in [-0.15, -0.1) is 0 Å². The fourth-order valence-electron chi connectivity index (χ4n) is 2.68. The number of thiazole rings is 1. The summed E-state index contributed by atoms with van der Waals surface area (Å²) in [5, 5.41) is 3.24. The first-order chi connectivity index (χ1) is 12.6. The van der Waals surface area contributed by atoms with Crippen LogP contribution >= 0.6 is 11.3 Å². The average Bonchev–Trinajstić information content (AvgIpc) is 3.02. The number of rotatable bonds is 3. The van der Waals surface area contributed by atoms with Crippen LogP contribution in [0.5, 0.6) is 5.75 Å². The van der Waals surface area contributed by atoms with Crippen LogP contribution in [0.1, 0.15) is 10.4 Å². The third kappa shape index (κ3) is 2.70. The van der Waals surface area contributed by atoms with Crippen molar-refractivity contribution in [1.82, 2.24) is 9.97 Å². The van der Waals surface area contributed by atoms with Gasteiger partial charge in [0.05, 0.1) is 28.2 Å². The number of carbonyl (C=O) groups excluding carboxylic acids is 1. The van der Waals surface area contributed by atoms with E-state index in [1.807, 2.05) is 0 Å². The minimum Gasteiger partial charge on any atom is -0.495 e. The van der Waals surface area contributed by atoms with Gasteiger partial charge < -0.3 is 9.72 Å². The van der Waals surface area contributed by atoms with Crippen molar-refractivity contribution in [2.45, 2.75) is 0 Å². The molecule has 130 valence electrons. The van der Waals surface area contributed by atoms with Crippen LogP contribution in [0, 0.1) is 5.82 Å². The molecule has 1 amide bonds. The first kappa shape index (κ1) is 16.2. The van der Waals surface area contributed by atoms with E-state index in [0.29, 0.717) is 32.0 Å². The molecular formula is C18H12FN3O3S. The Morgan fingerprint density at radius 2 is 2.15 bits per heavy atom. The molecule has 2 aromatic carbocycles. The van der Waals surface area contributed by atoms with Crippen molar-refractivity contribution in [2.24, 2.45) is 0 Å². The summed E-state index contributed by atoms with van der Waals surface area (Å²) in [7, 11) is 1.50. The van der Waals surface area contributed by atoms with E-state index in [2.05, 4.69) is 15.3 Å². The number of ether oxygens (including phenoxy) is 1. The number of anilines is 1. The second-order valence-electron chi connectivity index (χ2n) is 5.50. The van der Waals surface area contributed by atoms with Gasteiger partial charge in [-0.1, -0.05) is 17.4 Å². The van der Waals surface area contributed by atoms with Crippen LogP contribution in [0.15, 0.2) is 47.4 Å². The minimum absolute atomic E-state index is 0.0452. The summed E-state index contributed by atoms with van der Waals surface area (Å²) in [6, 6.07) is 9.20. The van der Waals surface area contributed by atoms with Gasteiger partial charge in [-0.2, -0.15) is 0 Å². The number of benzene rings is 2. The number of hydrogen-bond donors (Lipinski definition) is 2. The number of carbonyl (C=O) groups is 1. The molecule has 8 heteroatoms. The SMILES string of the molecule is COc1cccc2c(=O)c(C(=O)Nc3nc4ccc(F)cc4s3)c[nH]c12. The van der Waals surface area contributed by atoms with E-state index in [1.54, 1.807) is 18.2 Å². The number of aromatic nitrogens is 2. The molecule has 0 saturated carbocycles. The van der Waals surface area contributed by atoms with Crippen LogP contribution in [-0.4, -0.2) is 23.0 Å².